The Morgan fingerprint density at radius 1 is 1.27 bits per heavy atom. The zero-order valence-electron chi connectivity index (χ0n) is 9.39. The molecular weight excluding hydrogens is 250 g/mol. The summed E-state index contributed by atoms with van der Waals surface area (Å²) in [6.45, 7) is 5.65. The van der Waals surface area contributed by atoms with Crippen LogP contribution in [0.4, 0.5) is 0 Å². The Balaban J connectivity index is 2.02. The average Bonchev–Trinajstić information content (AvgIpc) is 2.99. The molecule has 0 unspecified atom stereocenters. The molecule has 0 bridgehead atoms. The lowest BCUT2D eigenvalue weighted by molar-refractivity contribution is 0.394. The van der Waals surface area contributed by atoms with Crippen LogP contribution in [0.2, 0.25) is 0 Å². The Morgan fingerprint density at radius 2 is 1.87 bits per heavy atom. The van der Waals surface area contributed by atoms with Crippen molar-refractivity contribution in [1.82, 2.24) is 5.32 Å². The summed E-state index contributed by atoms with van der Waals surface area (Å²) in [5.74, 6) is 0.930. The highest BCUT2D eigenvalue weighted by molar-refractivity contribution is 9.10. The Labute approximate surface area is 100 Å². The van der Waals surface area contributed by atoms with Gasteiger partial charge in [0, 0.05) is 10.0 Å². The minimum Gasteiger partial charge on any atom is -0.308 e. The van der Waals surface area contributed by atoms with Crippen molar-refractivity contribution in [3.05, 3.63) is 34.3 Å². The van der Waals surface area contributed by atoms with Gasteiger partial charge in [0.25, 0.3) is 0 Å². The van der Waals surface area contributed by atoms with Crippen LogP contribution in [-0.4, -0.2) is 6.54 Å². The number of hydrogen-bond acceptors (Lipinski definition) is 1. The summed E-state index contributed by atoms with van der Waals surface area (Å²) in [6.07, 6.45) is 2.81. The smallest absolute Gasteiger partial charge is 0.0377 e. The highest BCUT2D eigenvalue weighted by atomic mass is 79.9. The van der Waals surface area contributed by atoms with Crippen molar-refractivity contribution in [2.45, 2.75) is 32.2 Å². The van der Waals surface area contributed by atoms with E-state index in [0.29, 0.717) is 0 Å². The van der Waals surface area contributed by atoms with Crippen LogP contribution in [0.3, 0.4) is 0 Å². The fourth-order valence-electron chi connectivity index (χ4n) is 1.69. The number of nitrogens with one attached hydrogen (secondary N) is 1. The van der Waals surface area contributed by atoms with E-state index in [0.717, 1.165) is 16.9 Å². The molecule has 0 radical (unpaired) electrons. The largest absolute Gasteiger partial charge is 0.308 e. The van der Waals surface area contributed by atoms with E-state index in [4.69, 9.17) is 0 Å². The van der Waals surface area contributed by atoms with Crippen LogP contribution >= 0.6 is 15.9 Å². The fourth-order valence-corrected chi connectivity index (χ4v) is 1.95. The predicted octanol–water partition coefficient (Wildman–Crippen LogP) is 3.68. The average molecular weight is 268 g/mol. The molecule has 15 heavy (non-hydrogen) atoms. The second-order valence-corrected chi connectivity index (χ2v) is 5.87. The molecular formula is C13H18BrN. The van der Waals surface area contributed by atoms with Crippen LogP contribution in [0, 0.1) is 5.92 Å². The molecule has 0 aromatic heterocycles. The summed E-state index contributed by atoms with van der Waals surface area (Å²) in [4.78, 5) is 0. The minimum absolute atomic E-state index is 0.0866. The molecule has 1 saturated carbocycles. The van der Waals surface area contributed by atoms with Gasteiger partial charge in [0.2, 0.25) is 0 Å². The maximum absolute atomic E-state index is 3.64. The van der Waals surface area contributed by atoms with Crippen LogP contribution < -0.4 is 5.32 Å². The molecule has 1 aliphatic carbocycles. The monoisotopic (exact) mass is 267 g/mol. The maximum atomic E-state index is 3.64. The van der Waals surface area contributed by atoms with Crippen LogP contribution in [-0.2, 0) is 5.54 Å². The van der Waals surface area contributed by atoms with E-state index in [9.17, 15) is 0 Å². The van der Waals surface area contributed by atoms with Gasteiger partial charge in [-0.3, -0.25) is 0 Å². The molecule has 2 heteroatoms. The number of halogens is 1. The van der Waals surface area contributed by atoms with Gasteiger partial charge in [0.15, 0.2) is 0 Å². The van der Waals surface area contributed by atoms with E-state index in [1.54, 1.807) is 0 Å². The van der Waals surface area contributed by atoms with Gasteiger partial charge in [-0.2, -0.15) is 0 Å². The summed E-state index contributed by atoms with van der Waals surface area (Å²) >= 11 is 3.46. The lowest BCUT2D eigenvalue weighted by Gasteiger charge is -2.27. The highest BCUT2D eigenvalue weighted by Crippen LogP contribution is 2.30. The number of rotatable bonds is 4. The first-order valence-corrected chi connectivity index (χ1v) is 6.38. The van der Waals surface area contributed by atoms with E-state index in [2.05, 4.69) is 59.4 Å². The summed E-state index contributed by atoms with van der Waals surface area (Å²) in [5, 5.41) is 3.64. The van der Waals surface area contributed by atoms with Gasteiger partial charge < -0.3 is 5.32 Å². The topological polar surface area (TPSA) is 12.0 Å². The molecule has 1 aliphatic rings. The van der Waals surface area contributed by atoms with Crippen molar-refractivity contribution in [2.24, 2.45) is 5.92 Å². The Morgan fingerprint density at radius 3 is 2.40 bits per heavy atom. The third kappa shape index (κ3) is 3.05. The molecule has 0 atom stereocenters. The maximum Gasteiger partial charge on any atom is 0.0377 e. The first kappa shape index (κ1) is 11.2. The molecule has 1 aromatic rings. The highest BCUT2D eigenvalue weighted by Gasteiger charge is 2.26. The van der Waals surface area contributed by atoms with Gasteiger partial charge in [-0.1, -0.05) is 28.1 Å². The lowest BCUT2D eigenvalue weighted by Crippen LogP contribution is -2.37. The zero-order valence-corrected chi connectivity index (χ0v) is 11.0. The molecule has 0 heterocycles. The molecule has 1 N–H and O–H groups in total. The Bertz CT molecular complexity index is 325. The lowest BCUT2D eigenvalue weighted by atomic mass is 9.94. The van der Waals surface area contributed by atoms with Crippen molar-refractivity contribution in [1.29, 1.82) is 0 Å². The van der Waals surface area contributed by atoms with Gasteiger partial charge in [-0.25, -0.2) is 0 Å². The first-order chi connectivity index (χ1) is 7.08. The van der Waals surface area contributed by atoms with Crippen molar-refractivity contribution in [3.63, 3.8) is 0 Å². The van der Waals surface area contributed by atoms with E-state index >= 15 is 0 Å². The fraction of sp³-hybridized carbons (Fsp3) is 0.538. The molecule has 2 rings (SSSR count). The molecule has 0 aliphatic heterocycles. The molecule has 82 valence electrons. The van der Waals surface area contributed by atoms with Crippen molar-refractivity contribution < 1.29 is 0 Å². The van der Waals surface area contributed by atoms with Gasteiger partial charge >= 0.3 is 0 Å². The van der Waals surface area contributed by atoms with E-state index < -0.39 is 0 Å². The third-order valence-electron chi connectivity index (χ3n) is 3.10. The quantitative estimate of drug-likeness (QED) is 0.878. The van der Waals surface area contributed by atoms with Crippen molar-refractivity contribution in [2.75, 3.05) is 6.54 Å². The standard InChI is InChI=1S/C13H18BrN/c1-13(2,15-9-10-3-4-10)11-5-7-12(14)8-6-11/h5-8,10,15H,3-4,9H2,1-2H3. The molecule has 0 spiro atoms. The molecule has 0 saturated heterocycles. The Hall–Kier alpha value is -0.340. The summed E-state index contributed by atoms with van der Waals surface area (Å²) in [5.41, 5.74) is 1.44. The third-order valence-corrected chi connectivity index (χ3v) is 3.62. The molecule has 1 fully saturated rings. The van der Waals surface area contributed by atoms with Gasteiger partial charge in [0.05, 0.1) is 0 Å². The number of benzene rings is 1. The second kappa shape index (κ2) is 4.26. The van der Waals surface area contributed by atoms with Crippen LogP contribution in [0.25, 0.3) is 0 Å². The van der Waals surface area contributed by atoms with E-state index in [1.165, 1.54) is 18.4 Å². The van der Waals surface area contributed by atoms with Crippen molar-refractivity contribution >= 4 is 15.9 Å². The van der Waals surface area contributed by atoms with Gasteiger partial charge in [0.1, 0.15) is 0 Å². The van der Waals surface area contributed by atoms with E-state index in [1.807, 2.05) is 0 Å². The van der Waals surface area contributed by atoms with Crippen LogP contribution in [0.1, 0.15) is 32.3 Å². The first-order valence-electron chi connectivity index (χ1n) is 5.59. The SMILES string of the molecule is CC(C)(NCC1CC1)c1ccc(Br)cc1. The van der Waals surface area contributed by atoms with Crippen LogP contribution in [0.15, 0.2) is 28.7 Å². The minimum atomic E-state index is 0.0866. The molecule has 0 amide bonds. The second-order valence-electron chi connectivity index (χ2n) is 4.96. The summed E-state index contributed by atoms with van der Waals surface area (Å²) < 4.78 is 1.14. The zero-order chi connectivity index (χ0) is 10.9. The predicted molar refractivity (Wildman–Crippen MR) is 67.9 cm³/mol. The van der Waals surface area contributed by atoms with E-state index in [-0.39, 0.29) is 5.54 Å². The van der Waals surface area contributed by atoms with Gasteiger partial charge in [-0.05, 0) is 56.8 Å². The van der Waals surface area contributed by atoms with Gasteiger partial charge in [-0.15, -0.1) is 0 Å². The summed E-state index contributed by atoms with van der Waals surface area (Å²) in [6, 6.07) is 8.58. The normalized spacial score (nSPS) is 16.7. The summed E-state index contributed by atoms with van der Waals surface area (Å²) in [7, 11) is 0. The van der Waals surface area contributed by atoms with Crippen molar-refractivity contribution in [3.8, 4) is 0 Å². The molecule has 1 nitrogen and oxygen atoms in total. The Kier molecular flexibility index (Phi) is 3.17. The molecule has 1 aromatic carbocycles. The number of hydrogen-bond donors (Lipinski definition) is 1. The van der Waals surface area contributed by atoms with Crippen LogP contribution in [0.5, 0.6) is 0 Å².